The molecule has 0 spiro atoms. The van der Waals surface area contributed by atoms with Crippen LogP contribution in [0.4, 0.5) is 0 Å². The highest BCUT2D eigenvalue weighted by molar-refractivity contribution is 8.33. The lowest BCUT2D eigenvalue weighted by Gasteiger charge is -1.99. The third-order valence-corrected chi connectivity index (χ3v) is 8.14. The Kier molecular flexibility index (Phi) is 5.56. The van der Waals surface area contributed by atoms with Crippen molar-refractivity contribution in [2.45, 2.75) is 0 Å². The minimum atomic E-state index is 0.499. The number of nitrogens with zero attached hydrogens (tertiary/aromatic N) is 2. The number of allylic oxidation sites excluding steroid dienone is 3. The van der Waals surface area contributed by atoms with Crippen LogP contribution in [-0.2, 0) is 0 Å². The molecule has 0 N–H and O–H groups in total. The molecule has 0 radical (unpaired) electrons. The number of aromatic nitrogens is 2. The second-order valence-corrected chi connectivity index (χ2v) is 9.17. The minimum Gasteiger partial charge on any atom is -0.417 e. The Bertz CT molecular complexity index is 900. The van der Waals surface area contributed by atoms with Crippen molar-refractivity contribution in [1.82, 2.24) is 10.2 Å². The summed E-state index contributed by atoms with van der Waals surface area (Å²) in [4.78, 5) is 1.24. The van der Waals surface area contributed by atoms with Crippen molar-refractivity contribution >= 4 is 53.1 Å². The third kappa shape index (κ3) is 4.36. The molecule has 0 fully saturated rings. The van der Waals surface area contributed by atoms with E-state index in [0.717, 1.165) is 5.56 Å². The number of thioether (sulfide) groups is 4. The zero-order chi connectivity index (χ0) is 16.9. The summed E-state index contributed by atoms with van der Waals surface area (Å²) in [5.74, 6) is 1.03. The van der Waals surface area contributed by atoms with Crippen molar-refractivity contribution in [2.24, 2.45) is 0 Å². The molecule has 1 aromatic heterocycles. The fraction of sp³-hybridized carbons (Fsp3) is 0. The maximum Gasteiger partial charge on any atom is 0.248 e. The van der Waals surface area contributed by atoms with E-state index < -0.39 is 0 Å². The SMILES string of the molecule is C1=CSC(=C2SC=C(/C=C/C=C/c3nnc(-c4ccccc4)o3)S2)S1. The van der Waals surface area contributed by atoms with E-state index in [4.69, 9.17) is 4.42 Å². The quantitative estimate of drug-likeness (QED) is 0.528. The van der Waals surface area contributed by atoms with Crippen LogP contribution in [0.1, 0.15) is 5.89 Å². The molecule has 0 unspecified atom stereocenters. The standard InChI is InChI=1S/C18H12N2OS4/c1-2-6-13(7-3-1)16-20-19-15(21-16)9-5-4-8-14-12-24-18(25-14)17-22-10-11-23-17/h1-12H/b8-4+,9-5+. The van der Waals surface area contributed by atoms with Crippen LogP contribution in [0.25, 0.3) is 17.5 Å². The molecule has 0 saturated heterocycles. The number of hydrogen-bond acceptors (Lipinski definition) is 7. The van der Waals surface area contributed by atoms with E-state index in [2.05, 4.69) is 32.5 Å². The average molecular weight is 401 g/mol. The summed E-state index contributed by atoms with van der Waals surface area (Å²) in [6, 6.07) is 9.76. The Hall–Kier alpha value is -1.54. The second kappa shape index (κ2) is 8.23. The van der Waals surface area contributed by atoms with Gasteiger partial charge in [-0.2, -0.15) is 0 Å². The topological polar surface area (TPSA) is 38.9 Å². The lowest BCUT2D eigenvalue weighted by atomic mass is 10.2. The van der Waals surface area contributed by atoms with Crippen molar-refractivity contribution in [2.75, 3.05) is 0 Å². The summed E-state index contributed by atoms with van der Waals surface area (Å²) < 4.78 is 8.36. The van der Waals surface area contributed by atoms with E-state index in [9.17, 15) is 0 Å². The molecule has 2 aliphatic rings. The Morgan fingerprint density at radius 1 is 0.840 bits per heavy atom. The summed E-state index contributed by atoms with van der Waals surface area (Å²) in [6.07, 6.45) is 7.82. The van der Waals surface area contributed by atoms with Crippen LogP contribution >= 0.6 is 47.0 Å². The van der Waals surface area contributed by atoms with E-state index in [0.29, 0.717) is 11.8 Å². The van der Waals surface area contributed by atoms with Crippen molar-refractivity contribution in [3.05, 3.63) is 84.1 Å². The highest BCUT2D eigenvalue weighted by Crippen LogP contribution is 2.53. The first-order chi connectivity index (χ1) is 12.4. The van der Waals surface area contributed by atoms with Crippen molar-refractivity contribution < 1.29 is 4.42 Å². The van der Waals surface area contributed by atoms with Gasteiger partial charge in [-0.25, -0.2) is 0 Å². The van der Waals surface area contributed by atoms with Gasteiger partial charge in [0.25, 0.3) is 0 Å². The van der Waals surface area contributed by atoms with Gasteiger partial charge in [0.05, 0.1) is 8.47 Å². The van der Waals surface area contributed by atoms with Gasteiger partial charge in [-0.15, -0.1) is 10.2 Å². The molecule has 7 heteroatoms. The van der Waals surface area contributed by atoms with Gasteiger partial charge in [0.1, 0.15) is 0 Å². The van der Waals surface area contributed by atoms with Crippen LogP contribution in [0.15, 0.2) is 82.6 Å². The first-order valence-electron chi connectivity index (χ1n) is 7.39. The molecular weight excluding hydrogens is 388 g/mol. The summed E-state index contributed by atoms with van der Waals surface area (Å²) >= 11 is 7.17. The fourth-order valence-electron chi connectivity index (χ4n) is 2.02. The van der Waals surface area contributed by atoms with Crippen LogP contribution in [-0.4, -0.2) is 10.2 Å². The van der Waals surface area contributed by atoms with Gasteiger partial charge in [-0.3, -0.25) is 0 Å². The lowest BCUT2D eigenvalue weighted by Crippen LogP contribution is -1.75. The largest absolute Gasteiger partial charge is 0.417 e. The van der Waals surface area contributed by atoms with Crippen LogP contribution in [0.5, 0.6) is 0 Å². The van der Waals surface area contributed by atoms with Crippen molar-refractivity contribution in [3.63, 3.8) is 0 Å². The molecule has 4 rings (SSSR count). The Morgan fingerprint density at radius 2 is 1.64 bits per heavy atom. The van der Waals surface area contributed by atoms with E-state index in [1.54, 1.807) is 47.0 Å². The van der Waals surface area contributed by atoms with E-state index in [1.165, 1.54) is 13.4 Å². The van der Waals surface area contributed by atoms with Crippen molar-refractivity contribution in [1.29, 1.82) is 0 Å². The Labute approximate surface area is 162 Å². The first kappa shape index (κ1) is 16.9. The molecule has 2 aliphatic heterocycles. The molecule has 0 amide bonds. The number of benzene rings is 1. The maximum absolute atomic E-state index is 5.64. The lowest BCUT2D eigenvalue weighted by molar-refractivity contribution is 0.557. The zero-order valence-electron chi connectivity index (χ0n) is 12.9. The number of hydrogen-bond donors (Lipinski definition) is 0. The van der Waals surface area contributed by atoms with E-state index in [-0.39, 0.29) is 0 Å². The fourth-order valence-corrected chi connectivity index (χ4v) is 6.38. The maximum atomic E-state index is 5.64. The normalized spacial score (nSPS) is 17.4. The highest BCUT2D eigenvalue weighted by atomic mass is 32.2. The predicted octanol–water partition coefficient (Wildman–Crippen LogP) is 6.71. The minimum absolute atomic E-state index is 0.499. The van der Waals surface area contributed by atoms with Gasteiger partial charge < -0.3 is 4.42 Å². The molecular formula is C18H12N2OS4. The van der Waals surface area contributed by atoms with Gasteiger partial charge in [-0.1, -0.05) is 77.4 Å². The monoisotopic (exact) mass is 400 g/mol. The Morgan fingerprint density at radius 3 is 2.48 bits per heavy atom. The predicted molar refractivity (Wildman–Crippen MR) is 113 cm³/mol. The van der Waals surface area contributed by atoms with Crippen LogP contribution in [0.2, 0.25) is 0 Å². The van der Waals surface area contributed by atoms with Crippen LogP contribution in [0, 0.1) is 0 Å². The smallest absolute Gasteiger partial charge is 0.248 e. The van der Waals surface area contributed by atoms with Gasteiger partial charge in [0.15, 0.2) is 0 Å². The zero-order valence-corrected chi connectivity index (χ0v) is 16.1. The van der Waals surface area contributed by atoms with Gasteiger partial charge in [0, 0.05) is 16.5 Å². The molecule has 2 aromatic rings. The average Bonchev–Trinajstić information content (AvgIpc) is 3.40. The van der Waals surface area contributed by atoms with Gasteiger partial charge in [-0.05, 0) is 34.4 Å². The molecule has 0 bridgehead atoms. The molecule has 0 aliphatic carbocycles. The summed E-state index contributed by atoms with van der Waals surface area (Å²) in [5, 5.41) is 14.5. The summed E-state index contributed by atoms with van der Waals surface area (Å²) in [5.41, 5.74) is 0.924. The molecule has 124 valence electrons. The van der Waals surface area contributed by atoms with E-state index >= 15 is 0 Å². The van der Waals surface area contributed by atoms with Crippen LogP contribution in [0.3, 0.4) is 0 Å². The first-order valence-corrected chi connectivity index (χ1v) is 10.8. The molecule has 0 atom stereocenters. The second-order valence-electron chi connectivity index (χ2n) is 4.85. The summed E-state index contributed by atoms with van der Waals surface area (Å²) in [6.45, 7) is 0. The van der Waals surface area contributed by atoms with Crippen LogP contribution < -0.4 is 0 Å². The Balaban J connectivity index is 1.35. The number of rotatable bonds is 4. The molecule has 1 aromatic carbocycles. The third-order valence-electron chi connectivity index (χ3n) is 3.14. The van der Waals surface area contributed by atoms with E-state index in [1.807, 2.05) is 48.6 Å². The highest BCUT2D eigenvalue weighted by Gasteiger charge is 2.16. The van der Waals surface area contributed by atoms with Gasteiger partial charge >= 0.3 is 0 Å². The summed E-state index contributed by atoms with van der Waals surface area (Å²) in [7, 11) is 0. The molecule has 3 heterocycles. The van der Waals surface area contributed by atoms with Gasteiger partial charge in [0.2, 0.25) is 11.8 Å². The van der Waals surface area contributed by atoms with Crippen molar-refractivity contribution in [3.8, 4) is 11.5 Å². The molecule has 25 heavy (non-hydrogen) atoms. The molecule has 0 saturated carbocycles. The molecule has 3 nitrogen and oxygen atoms in total.